The van der Waals surface area contributed by atoms with E-state index in [0.29, 0.717) is 25.2 Å². The van der Waals surface area contributed by atoms with Crippen molar-refractivity contribution >= 4 is 5.91 Å². The summed E-state index contributed by atoms with van der Waals surface area (Å²) in [7, 11) is 0. The number of pyridine rings is 1. The Morgan fingerprint density at radius 1 is 1.42 bits per heavy atom. The molecule has 1 aromatic heterocycles. The van der Waals surface area contributed by atoms with Crippen LogP contribution in [0.5, 0.6) is 0 Å². The maximum atomic E-state index is 12.3. The van der Waals surface area contributed by atoms with E-state index in [1.807, 2.05) is 18.3 Å². The predicted molar refractivity (Wildman–Crippen MR) is 100 cm³/mol. The molecule has 1 aromatic rings. The lowest BCUT2D eigenvalue weighted by Crippen LogP contribution is -2.49. The number of aromatic nitrogens is 1. The third-order valence-electron chi connectivity index (χ3n) is 5.25. The van der Waals surface area contributed by atoms with E-state index in [9.17, 15) is 4.79 Å². The molecule has 1 N–H and O–H groups in total. The number of hydrogen-bond acceptors (Lipinski definition) is 5. The summed E-state index contributed by atoms with van der Waals surface area (Å²) in [6.07, 6.45) is 10.6. The zero-order valence-corrected chi connectivity index (χ0v) is 15.4. The van der Waals surface area contributed by atoms with Gasteiger partial charge in [-0.05, 0) is 24.5 Å². The third-order valence-corrected chi connectivity index (χ3v) is 5.25. The number of carbonyl (C=O) groups is 1. The molecule has 0 spiro atoms. The number of hydrogen-bond donors (Lipinski definition) is 1. The van der Waals surface area contributed by atoms with Crippen LogP contribution < -0.4 is 5.32 Å². The highest BCUT2D eigenvalue weighted by Crippen LogP contribution is 2.37. The molecule has 2 aliphatic rings. The first-order valence-electron chi connectivity index (χ1n) is 9.39. The third kappa shape index (κ3) is 5.12. The summed E-state index contributed by atoms with van der Waals surface area (Å²) in [5.41, 5.74) is 0.720. The van der Waals surface area contributed by atoms with Crippen LogP contribution in [0.1, 0.15) is 44.7 Å². The Morgan fingerprint density at radius 3 is 2.92 bits per heavy atom. The Bertz CT molecular complexity index is 675. The van der Waals surface area contributed by atoms with E-state index in [4.69, 9.17) is 6.42 Å². The van der Waals surface area contributed by atoms with Crippen molar-refractivity contribution in [1.82, 2.24) is 15.2 Å². The van der Waals surface area contributed by atoms with Gasteiger partial charge in [0.15, 0.2) is 5.66 Å². The second-order valence-electron chi connectivity index (χ2n) is 7.38. The molecule has 0 aliphatic carbocycles. The highest BCUT2D eigenvalue weighted by Gasteiger charge is 2.39. The molecule has 2 aliphatic heterocycles. The standard InChI is InChI=1S/C20H27N5O/c1-3-4-10-20(23-24-20)11-8-19(26)22-18-9-13-25(14-16(18)2)15-17-7-5-6-12-21-17/h1,5-7,12,16,18H,4,8-11,13-15H2,2H3,(H,22,26). The van der Waals surface area contributed by atoms with Gasteiger partial charge in [-0.2, -0.15) is 10.2 Å². The molecule has 0 aromatic carbocycles. The average Bonchev–Trinajstić information content (AvgIpc) is 3.42. The molecule has 138 valence electrons. The van der Waals surface area contributed by atoms with Gasteiger partial charge in [-0.1, -0.05) is 13.0 Å². The molecule has 1 fully saturated rings. The SMILES string of the molecule is C#CCCC1(CCC(=O)NC2CCN(Cc3ccccn3)CC2C)N=N1. The van der Waals surface area contributed by atoms with E-state index < -0.39 is 0 Å². The molecule has 26 heavy (non-hydrogen) atoms. The number of likely N-dealkylation sites (tertiary alicyclic amines) is 1. The first-order valence-corrected chi connectivity index (χ1v) is 9.39. The minimum absolute atomic E-state index is 0.0948. The van der Waals surface area contributed by atoms with Gasteiger partial charge in [-0.3, -0.25) is 14.7 Å². The molecule has 0 bridgehead atoms. The van der Waals surface area contributed by atoms with Crippen LogP contribution in [0.3, 0.4) is 0 Å². The summed E-state index contributed by atoms with van der Waals surface area (Å²) in [6, 6.07) is 6.25. The van der Waals surface area contributed by atoms with E-state index in [1.165, 1.54) is 0 Å². The molecule has 2 atom stereocenters. The van der Waals surface area contributed by atoms with Crippen molar-refractivity contribution in [1.29, 1.82) is 0 Å². The van der Waals surface area contributed by atoms with Crippen LogP contribution in [-0.2, 0) is 11.3 Å². The van der Waals surface area contributed by atoms with Crippen molar-refractivity contribution in [2.75, 3.05) is 13.1 Å². The Kier molecular flexibility index (Phi) is 6.00. The minimum Gasteiger partial charge on any atom is -0.353 e. The average molecular weight is 353 g/mol. The number of terminal acetylenes is 1. The van der Waals surface area contributed by atoms with E-state index in [1.54, 1.807) is 0 Å². The van der Waals surface area contributed by atoms with Gasteiger partial charge >= 0.3 is 0 Å². The van der Waals surface area contributed by atoms with Crippen molar-refractivity contribution in [3.05, 3.63) is 30.1 Å². The highest BCUT2D eigenvalue weighted by molar-refractivity contribution is 5.76. The zero-order chi connectivity index (χ0) is 18.4. The van der Waals surface area contributed by atoms with Crippen LogP contribution in [0.4, 0.5) is 0 Å². The molecule has 3 heterocycles. The van der Waals surface area contributed by atoms with E-state index in [2.05, 4.69) is 44.3 Å². The fourth-order valence-corrected chi connectivity index (χ4v) is 3.57. The Balaban J connectivity index is 1.39. The summed E-state index contributed by atoms with van der Waals surface area (Å²) < 4.78 is 0. The van der Waals surface area contributed by atoms with Gasteiger partial charge in [0.1, 0.15) is 0 Å². The van der Waals surface area contributed by atoms with Crippen LogP contribution >= 0.6 is 0 Å². The number of carbonyl (C=O) groups excluding carboxylic acids is 1. The molecular formula is C20H27N5O. The number of amides is 1. The maximum absolute atomic E-state index is 12.3. The normalized spacial score (nSPS) is 24.0. The molecule has 1 amide bonds. The van der Waals surface area contributed by atoms with E-state index >= 15 is 0 Å². The van der Waals surface area contributed by atoms with Crippen molar-refractivity contribution in [2.24, 2.45) is 16.1 Å². The van der Waals surface area contributed by atoms with Crippen molar-refractivity contribution < 1.29 is 4.79 Å². The predicted octanol–water partition coefficient (Wildman–Crippen LogP) is 2.76. The van der Waals surface area contributed by atoms with Gasteiger partial charge in [-0.15, -0.1) is 12.3 Å². The summed E-state index contributed by atoms with van der Waals surface area (Å²) in [6.45, 7) is 5.02. The molecule has 1 saturated heterocycles. The fraction of sp³-hybridized carbons (Fsp3) is 0.600. The van der Waals surface area contributed by atoms with Crippen molar-refractivity contribution in [2.45, 2.75) is 57.3 Å². The highest BCUT2D eigenvalue weighted by atomic mass is 16.1. The summed E-state index contributed by atoms with van der Waals surface area (Å²) in [5.74, 6) is 3.13. The second-order valence-corrected chi connectivity index (χ2v) is 7.38. The molecule has 3 rings (SSSR count). The topological polar surface area (TPSA) is 70.0 Å². The van der Waals surface area contributed by atoms with Crippen LogP contribution in [0.15, 0.2) is 34.6 Å². The maximum Gasteiger partial charge on any atom is 0.220 e. The lowest BCUT2D eigenvalue weighted by molar-refractivity contribution is -0.122. The molecule has 6 heteroatoms. The summed E-state index contributed by atoms with van der Waals surface area (Å²) >= 11 is 0. The van der Waals surface area contributed by atoms with Crippen molar-refractivity contribution in [3.8, 4) is 12.3 Å². The summed E-state index contributed by atoms with van der Waals surface area (Å²) in [4.78, 5) is 19.1. The van der Waals surface area contributed by atoms with Crippen LogP contribution in [-0.4, -0.2) is 40.6 Å². The van der Waals surface area contributed by atoms with Gasteiger partial charge in [0.05, 0.1) is 5.69 Å². The minimum atomic E-state index is -0.374. The van der Waals surface area contributed by atoms with E-state index in [0.717, 1.165) is 38.2 Å². The van der Waals surface area contributed by atoms with Gasteiger partial charge in [-0.25, -0.2) is 0 Å². The number of nitrogens with one attached hydrogen (secondary N) is 1. The van der Waals surface area contributed by atoms with Gasteiger partial charge in [0, 0.05) is 57.6 Å². The fourth-order valence-electron chi connectivity index (χ4n) is 3.57. The first-order chi connectivity index (χ1) is 12.6. The van der Waals surface area contributed by atoms with Crippen LogP contribution in [0, 0.1) is 18.3 Å². The monoisotopic (exact) mass is 353 g/mol. The number of piperidine rings is 1. The van der Waals surface area contributed by atoms with Crippen molar-refractivity contribution in [3.63, 3.8) is 0 Å². The van der Waals surface area contributed by atoms with Gasteiger partial charge in [0.25, 0.3) is 0 Å². The Morgan fingerprint density at radius 2 is 2.27 bits per heavy atom. The molecule has 0 saturated carbocycles. The first kappa shape index (κ1) is 18.5. The lowest BCUT2D eigenvalue weighted by atomic mass is 9.93. The molecule has 2 unspecified atom stereocenters. The van der Waals surface area contributed by atoms with Gasteiger partial charge < -0.3 is 5.32 Å². The second kappa shape index (κ2) is 8.41. The van der Waals surface area contributed by atoms with Crippen LogP contribution in [0.25, 0.3) is 0 Å². The summed E-state index contributed by atoms with van der Waals surface area (Å²) in [5, 5.41) is 11.4. The Labute approximate surface area is 155 Å². The molecule has 6 nitrogen and oxygen atoms in total. The quantitative estimate of drug-likeness (QED) is 0.731. The zero-order valence-electron chi connectivity index (χ0n) is 15.4. The number of nitrogens with zero attached hydrogens (tertiary/aromatic N) is 4. The lowest BCUT2D eigenvalue weighted by Gasteiger charge is -2.37. The van der Waals surface area contributed by atoms with E-state index in [-0.39, 0.29) is 17.6 Å². The van der Waals surface area contributed by atoms with Gasteiger partial charge in [0.2, 0.25) is 5.91 Å². The Hall–Kier alpha value is -2.26. The molecule has 0 radical (unpaired) electrons. The smallest absolute Gasteiger partial charge is 0.220 e. The number of rotatable bonds is 8. The molecular weight excluding hydrogens is 326 g/mol. The largest absolute Gasteiger partial charge is 0.353 e. The van der Waals surface area contributed by atoms with Crippen LogP contribution in [0.2, 0.25) is 0 Å².